The molecule has 0 spiro atoms. The van der Waals surface area contributed by atoms with Crippen LogP contribution < -0.4 is 4.74 Å². The predicted molar refractivity (Wildman–Crippen MR) is 51.1 cm³/mol. The summed E-state index contributed by atoms with van der Waals surface area (Å²) < 4.78 is 5.21. The van der Waals surface area contributed by atoms with Gasteiger partial charge in [-0.1, -0.05) is 12.7 Å². The minimum atomic E-state index is 0.157. The molecule has 0 aliphatic carbocycles. The molecule has 0 heterocycles. The summed E-state index contributed by atoms with van der Waals surface area (Å²) in [7, 11) is 0. The van der Waals surface area contributed by atoms with Crippen LogP contribution in [0.25, 0.3) is 0 Å². The van der Waals surface area contributed by atoms with Gasteiger partial charge in [0.2, 0.25) is 0 Å². The Hall–Kier alpha value is -1.09. The number of hydrogen-bond acceptors (Lipinski definition) is 3. The molecule has 0 saturated carbocycles. The van der Waals surface area contributed by atoms with Crippen LogP contribution in [0.2, 0.25) is 0 Å². The maximum atomic E-state index is 9.12. The number of phenols is 1. The van der Waals surface area contributed by atoms with Gasteiger partial charge in [0.25, 0.3) is 0 Å². The molecular weight excluding hydrogens is 172 g/mol. The van der Waals surface area contributed by atoms with Crippen molar-refractivity contribution in [3.05, 3.63) is 30.9 Å². The van der Waals surface area contributed by atoms with Gasteiger partial charge < -0.3 is 9.84 Å². The highest BCUT2D eigenvalue weighted by Gasteiger charge is 1.97. The Bertz CT molecular complexity index is 284. The molecule has 0 aliphatic rings. The average Bonchev–Trinajstić information content (AvgIpc) is 2.07. The number of phenolic OH excluding ortho intramolecular Hbond substituents is 1. The van der Waals surface area contributed by atoms with Gasteiger partial charge in [0, 0.05) is 4.90 Å². The monoisotopic (exact) mass is 182 g/mol. The van der Waals surface area contributed by atoms with Crippen LogP contribution in [-0.2, 0) is 0 Å². The standard InChI is InChI=1S/C9H10O2S/c1-2-5-11-7-3-4-8(10)9(12)6-7/h2-4,6,10,12H,1,5H2. The third-order valence-corrected chi connectivity index (χ3v) is 1.67. The smallest absolute Gasteiger partial charge is 0.129 e. The van der Waals surface area contributed by atoms with Crippen molar-refractivity contribution >= 4 is 12.6 Å². The molecule has 2 nitrogen and oxygen atoms in total. The van der Waals surface area contributed by atoms with Crippen molar-refractivity contribution in [2.75, 3.05) is 6.61 Å². The maximum absolute atomic E-state index is 9.12. The highest BCUT2D eigenvalue weighted by Crippen LogP contribution is 2.25. The van der Waals surface area contributed by atoms with Gasteiger partial charge in [0.15, 0.2) is 0 Å². The third-order valence-electron chi connectivity index (χ3n) is 1.31. The summed E-state index contributed by atoms with van der Waals surface area (Å²) in [4.78, 5) is 0.511. The summed E-state index contributed by atoms with van der Waals surface area (Å²) in [6.45, 7) is 3.98. The molecule has 0 unspecified atom stereocenters. The molecule has 0 saturated heterocycles. The predicted octanol–water partition coefficient (Wildman–Crippen LogP) is 2.25. The van der Waals surface area contributed by atoms with Crippen molar-refractivity contribution in [1.82, 2.24) is 0 Å². The first kappa shape index (κ1) is 9.00. The molecule has 0 radical (unpaired) electrons. The van der Waals surface area contributed by atoms with Crippen LogP contribution in [0.1, 0.15) is 0 Å². The van der Waals surface area contributed by atoms with E-state index in [9.17, 15) is 0 Å². The molecule has 0 aliphatic heterocycles. The number of hydrogen-bond donors (Lipinski definition) is 2. The van der Waals surface area contributed by atoms with Gasteiger partial charge in [-0.15, -0.1) is 12.6 Å². The molecule has 0 aromatic heterocycles. The van der Waals surface area contributed by atoms with E-state index in [1.54, 1.807) is 24.3 Å². The van der Waals surface area contributed by atoms with Gasteiger partial charge in [-0.3, -0.25) is 0 Å². The summed E-state index contributed by atoms with van der Waals surface area (Å²) in [6.07, 6.45) is 1.66. The lowest BCUT2D eigenvalue weighted by Gasteiger charge is -2.04. The van der Waals surface area contributed by atoms with Crippen molar-refractivity contribution < 1.29 is 9.84 Å². The van der Waals surface area contributed by atoms with E-state index in [2.05, 4.69) is 19.2 Å². The van der Waals surface area contributed by atoms with Crippen molar-refractivity contribution in [3.63, 3.8) is 0 Å². The van der Waals surface area contributed by atoms with Crippen LogP contribution >= 0.6 is 12.6 Å². The number of aromatic hydroxyl groups is 1. The minimum Gasteiger partial charge on any atom is -0.507 e. The second kappa shape index (κ2) is 4.07. The van der Waals surface area contributed by atoms with Crippen molar-refractivity contribution in [2.45, 2.75) is 4.90 Å². The topological polar surface area (TPSA) is 29.5 Å². The molecule has 0 atom stereocenters. The Balaban J connectivity index is 2.75. The Labute approximate surface area is 76.9 Å². The highest BCUT2D eigenvalue weighted by molar-refractivity contribution is 7.80. The first-order valence-electron chi connectivity index (χ1n) is 3.49. The number of benzene rings is 1. The summed E-state index contributed by atoms with van der Waals surface area (Å²) in [6, 6.07) is 4.88. The van der Waals surface area contributed by atoms with Gasteiger partial charge in [-0.2, -0.15) is 0 Å². The second-order valence-electron chi connectivity index (χ2n) is 2.25. The normalized spacial score (nSPS) is 9.42. The van der Waals surface area contributed by atoms with Crippen LogP contribution in [0.3, 0.4) is 0 Å². The van der Waals surface area contributed by atoms with Crippen molar-refractivity contribution in [2.24, 2.45) is 0 Å². The zero-order valence-corrected chi connectivity index (χ0v) is 7.42. The summed E-state index contributed by atoms with van der Waals surface area (Å²) in [5.74, 6) is 0.835. The number of thiol groups is 1. The fourth-order valence-corrected chi connectivity index (χ4v) is 0.950. The van der Waals surface area contributed by atoms with E-state index in [0.717, 1.165) is 0 Å². The Morgan fingerprint density at radius 1 is 1.58 bits per heavy atom. The molecule has 0 fully saturated rings. The van der Waals surface area contributed by atoms with E-state index in [0.29, 0.717) is 17.3 Å². The molecule has 1 N–H and O–H groups in total. The van der Waals surface area contributed by atoms with E-state index in [1.807, 2.05) is 0 Å². The van der Waals surface area contributed by atoms with Crippen molar-refractivity contribution in [3.8, 4) is 11.5 Å². The third kappa shape index (κ3) is 2.20. The van der Waals surface area contributed by atoms with E-state index in [4.69, 9.17) is 9.84 Å². The number of ether oxygens (including phenoxy) is 1. The van der Waals surface area contributed by atoms with Crippen LogP contribution in [0.4, 0.5) is 0 Å². The lowest BCUT2D eigenvalue weighted by atomic mass is 10.3. The second-order valence-corrected chi connectivity index (χ2v) is 2.73. The highest BCUT2D eigenvalue weighted by atomic mass is 32.1. The Morgan fingerprint density at radius 3 is 2.92 bits per heavy atom. The van der Waals surface area contributed by atoms with Crippen LogP contribution in [0.15, 0.2) is 35.7 Å². The molecule has 1 aromatic carbocycles. The Kier molecular flexibility index (Phi) is 3.05. The SMILES string of the molecule is C=CCOc1ccc(O)c(S)c1. The molecule has 64 valence electrons. The van der Waals surface area contributed by atoms with Crippen LogP contribution in [0, 0.1) is 0 Å². The van der Waals surface area contributed by atoms with Gasteiger partial charge in [-0.25, -0.2) is 0 Å². The molecule has 0 bridgehead atoms. The summed E-state index contributed by atoms with van der Waals surface area (Å²) >= 11 is 4.03. The zero-order chi connectivity index (χ0) is 8.97. The summed E-state index contributed by atoms with van der Waals surface area (Å²) in [5, 5.41) is 9.12. The fourth-order valence-electron chi connectivity index (χ4n) is 0.748. The first-order chi connectivity index (χ1) is 5.74. The zero-order valence-electron chi connectivity index (χ0n) is 6.53. The molecule has 1 rings (SSSR count). The fraction of sp³-hybridized carbons (Fsp3) is 0.111. The minimum absolute atomic E-state index is 0.157. The van der Waals surface area contributed by atoms with Gasteiger partial charge >= 0.3 is 0 Å². The van der Waals surface area contributed by atoms with E-state index >= 15 is 0 Å². The Morgan fingerprint density at radius 2 is 2.33 bits per heavy atom. The molecule has 3 heteroatoms. The lowest BCUT2D eigenvalue weighted by Crippen LogP contribution is -1.91. The van der Waals surface area contributed by atoms with Gasteiger partial charge in [0.1, 0.15) is 18.1 Å². The lowest BCUT2D eigenvalue weighted by molar-refractivity contribution is 0.360. The molecule has 0 amide bonds. The van der Waals surface area contributed by atoms with Gasteiger partial charge in [0.05, 0.1) is 0 Å². The molecule has 12 heavy (non-hydrogen) atoms. The largest absolute Gasteiger partial charge is 0.507 e. The van der Waals surface area contributed by atoms with Crippen molar-refractivity contribution in [1.29, 1.82) is 0 Å². The van der Waals surface area contributed by atoms with Gasteiger partial charge in [-0.05, 0) is 18.2 Å². The van der Waals surface area contributed by atoms with E-state index in [1.165, 1.54) is 0 Å². The first-order valence-corrected chi connectivity index (χ1v) is 3.94. The molecular formula is C9H10O2S. The average molecular weight is 182 g/mol. The molecule has 1 aromatic rings. The van der Waals surface area contributed by atoms with E-state index < -0.39 is 0 Å². The van der Waals surface area contributed by atoms with Crippen LogP contribution in [0.5, 0.6) is 11.5 Å². The summed E-state index contributed by atoms with van der Waals surface area (Å²) in [5.41, 5.74) is 0. The maximum Gasteiger partial charge on any atom is 0.129 e. The van der Waals surface area contributed by atoms with E-state index in [-0.39, 0.29) is 5.75 Å². The quantitative estimate of drug-likeness (QED) is 0.554. The number of rotatable bonds is 3. The van der Waals surface area contributed by atoms with Crippen LogP contribution in [-0.4, -0.2) is 11.7 Å².